The van der Waals surface area contributed by atoms with Crippen molar-refractivity contribution < 1.29 is 5.11 Å². The third-order valence-corrected chi connectivity index (χ3v) is 2.51. The van der Waals surface area contributed by atoms with Crippen LogP contribution >= 0.6 is 0 Å². The van der Waals surface area contributed by atoms with Gasteiger partial charge in [-0.25, -0.2) is 0 Å². The van der Waals surface area contributed by atoms with Crippen molar-refractivity contribution in [2.45, 2.75) is 6.54 Å². The molecule has 1 aromatic heterocycles. The van der Waals surface area contributed by atoms with Gasteiger partial charge in [0.1, 0.15) is 0 Å². The molecule has 0 unspecified atom stereocenters. The minimum absolute atomic E-state index is 0.205. The van der Waals surface area contributed by atoms with Crippen LogP contribution in [0.25, 0.3) is 10.9 Å². The van der Waals surface area contributed by atoms with E-state index >= 15 is 0 Å². The smallest absolute Gasteiger partial charge is 0.0558 e. The Bertz CT molecular complexity index is 403. The molecular formula is C12H16N2O. The quantitative estimate of drug-likeness (QED) is 0.794. The number of aliphatic hydroxyl groups excluding tert-OH is 1. The second-order valence-electron chi connectivity index (χ2n) is 3.84. The number of benzene rings is 1. The molecule has 0 spiro atoms. The Hall–Kier alpha value is -1.32. The van der Waals surface area contributed by atoms with Gasteiger partial charge >= 0.3 is 0 Å². The predicted octanol–water partition coefficient (Wildman–Crippen LogP) is 1.59. The molecule has 1 heterocycles. The van der Waals surface area contributed by atoms with Crippen molar-refractivity contribution in [2.24, 2.45) is 0 Å². The van der Waals surface area contributed by atoms with Gasteiger partial charge in [-0.1, -0.05) is 18.2 Å². The van der Waals surface area contributed by atoms with Gasteiger partial charge < -0.3 is 10.1 Å². The number of fused-ring (bicyclic) bond motifs is 1. The topological polar surface area (TPSA) is 39.3 Å². The van der Waals surface area contributed by atoms with Gasteiger partial charge in [-0.2, -0.15) is 0 Å². The van der Waals surface area contributed by atoms with Crippen LogP contribution in [0.2, 0.25) is 0 Å². The SMILES string of the molecule is CN(CCO)Cc1cc2ccccc2[nH]1. The molecule has 0 aliphatic carbocycles. The maximum absolute atomic E-state index is 8.80. The molecule has 0 aliphatic heterocycles. The Morgan fingerprint density at radius 3 is 2.87 bits per heavy atom. The third-order valence-electron chi connectivity index (χ3n) is 2.51. The summed E-state index contributed by atoms with van der Waals surface area (Å²) < 4.78 is 0. The molecule has 0 amide bonds. The van der Waals surface area contributed by atoms with Gasteiger partial charge in [-0.05, 0) is 24.6 Å². The first-order valence-electron chi connectivity index (χ1n) is 5.15. The van der Waals surface area contributed by atoms with Crippen molar-refractivity contribution in [2.75, 3.05) is 20.2 Å². The average molecular weight is 204 g/mol. The first-order valence-corrected chi connectivity index (χ1v) is 5.15. The second-order valence-corrected chi connectivity index (χ2v) is 3.84. The number of aromatic amines is 1. The fourth-order valence-electron chi connectivity index (χ4n) is 1.76. The molecule has 2 aromatic rings. The van der Waals surface area contributed by atoms with Crippen LogP contribution < -0.4 is 0 Å². The lowest BCUT2D eigenvalue weighted by Gasteiger charge is -2.13. The van der Waals surface area contributed by atoms with Gasteiger partial charge in [0, 0.05) is 24.3 Å². The molecule has 3 heteroatoms. The van der Waals surface area contributed by atoms with Gasteiger partial charge in [-0.3, -0.25) is 4.90 Å². The number of hydrogen-bond donors (Lipinski definition) is 2. The van der Waals surface area contributed by atoms with Crippen LogP contribution in [0.5, 0.6) is 0 Å². The van der Waals surface area contributed by atoms with Crippen LogP contribution in [0.1, 0.15) is 5.69 Å². The molecule has 0 saturated carbocycles. The number of H-pyrrole nitrogens is 1. The number of rotatable bonds is 4. The average Bonchev–Trinajstić information content (AvgIpc) is 2.59. The Balaban J connectivity index is 2.15. The summed E-state index contributed by atoms with van der Waals surface area (Å²) in [5, 5.41) is 10.0. The van der Waals surface area contributed by atoms with Crippen LogP contribution in [0.3, 0.4) is 0 Å². The van der Waals surface area contributed by atoms with Crippen LogP contribution in [-0.4, -0.2) is 35.2 Å². The lowest BCUT2D eigenvalue weighted by molar-refractivity contribution is 0.216. The molecule has 15 heavy (non-hydrogen) atoms. The monoisotopic (exact) mass is 204 g/mol. The molecule has 80 valence electrons. The number of nitrogens with zero attached hydrogens (tertiary/aromatic N) is 1. The van der Waals surface area contributed by atoms with E-state index in [-0.39, 0.29) is 6.61 Å². The summed E-state index contributed by atoms with van der Waals surface area (Å²) in [7, 11) is 2.00. The largest absolute Gasteiger partial charge is 0.395 e. The summed E-state index contributed by atoms with van der Waals surface area (Å²) in [6.45, 7) is 1.75. The highest BCUT2D eigenvalue weighted by molar-refractivity contribution is 5.80. The fourth-order valence-corrected chi connectivity index (χ4v) is 1.76. The molecule has 0 fully saturated rings. The minimum Gasteiger partial charge on any atom is -0.395 e. The summed E-state index contributed by atoms with van der Waals surface area (Å²) in [6, 6.07) is 10.4. The van der Waals surface area contributed by atoms with Crippen molar-refractivity contribution >= 4 is 10.9 Å². The molecule has 1 aromatic carbocycles. The Morgan fingerprint density at radius 2 is 2.13 bits per heavy atom. The lowest BCUT2D eigenvalue weighted by Crippen LogP contribution is -2.21. The van der Waals surface area contributed by atoms with Gasteiger partial charge in [0.25, 0.3) is 0 Å². The van der Waals surface area contributed by atoms with Gasteiger partial charge in [0.15, 0.2) is 0 Å². The molecule has 0 aliphatic rings. The van der Waals surface area contributed by atoms with E-state index in [0.717, 1.165) is 6.54 Å². The lowest BCUT2D eigenvalue weighted by atomic mass is 10.2. The number of hydrogen-bond acceptors (Lipinski definition) is 2. The van der Waals surface area contributed by atoms with Crippen molar-refractivity contribution in [3.63, 3.8) is 0 Å². The molecule has 3 nitrogen and oxygen atoms in total. The molecule has 0 bridgehead atoms. The highest BCUT2D eigenvalue weighted by Crippen LogP contribution is 2.15. The van der Waals surface area contributed by atoms with Crippen LogP contribution in [-0.2, 0) is 6.54 Å². The standard InChI is InChI=1S/C12H16N2O/c1-14(6-7-15)9-11-8-10-4-2-3-5-12(10)13-11/h2-5,8,13,15H,6-7,9H2,1H3. The minimum atomic E-state index is 0.205. The third kappa shape index (κ3) is 2.37. The van der Waals surface area contributed by atoms with E-state index in [1.165, 1.54) is 16.6 Å². The summed E-state index contributed by atoms with van der Waals surface area (Å²) in [6.07, 6.45) is 0. The summed E-state index contributed by atoms with van der Waals surface area (Å²) in [5.41, 5.74) is 2.36. The van der Waals surface area contributed by atoms with Crippen molar-refractivity contribution in [1.82, 2.24) is 9.88 Å². The van der Waals surface area contributed by atoms with Crippen LogP contribution in [0.15, 0.2) is 30.3 Å². The zero-order valence-corrected chi connectivity index (χ0v) is 8.90. The van der Waals surface area contributed by atoms with E-state index in [4.69, 9.17) is 5.11 Å². The Kier molecular flexibility index (Phi) is 3.04. The van der Waals surface area contributed by atoms with Crippen molar-refractivity contribution in [1.29, 1.82) is 0 Å². The highest BCUT2D eigenvalue weighted by Gasteiger charge is 2.02. The van der Waals surface area contributed by atoms with E-state index in [9.17, 15) is 0 Å². The Morgan fingerprint density at radius 1 is 1.33 bits per heavy atom. The maximum atomic E-state index is 8.80. The molecule has 0 atom stereocenters. The predicted molar refractivity (Wildman–Crippen MR) is 61.7 cm³/mol. The van der Waals surface area contributed by atoms with Crippen molar-refractivity contribution in [3.05, 3.63) is 36.0 Å². The molecule has 2 N–H and O–H groups in total. The zero-order chi connectivity index (χ0) is 10.7. The molecule has 2 rings (SSSR count). The number of aliphatic hydroxyl groups is 1. The first kappa shape index (κ1) is 10.2. The van der Waals surface area contributed by atoms with E-state index in [1.807, 2.05) is 19.2 Å². The van der Waals surface area contributed by atoms with Gasteiger partial charge in [-0.15, -0.1) is 0 Å². The molecular weight excluding hydrogens is 188 g/mol. The second kappa shape index (κ2) is 4.47. The maximum Gasteiger partial charge on any atom is 0.0558 e. The van der Waals surface area contributed by atoms with E-state index in [1.54, 1.807) is 0 Å². The number of nitrogens with one attached hydrogen (secondary N) is 1. The Labute approximate surface area is 89.3 Å². The van der Waals surface area contributed by atoms with Crippen LogP contribution in [0.4, 0.5) is 0 Å². The fraction of sp³-hybridized carbons (Fsp3) is 0.333. The number of para-hydroxylation sites is 1. The number of likely N-dealkylation sites (N-methyl/N-ethyl adjacent to an activating group) is 1. The van der Waals surface area contributed by atoms with Gasteiger partial charge in [0.2, 0.25) is 0 Å². The molecule has 0 saturated heterocycles. The zero-order valence-electron chi connectivity index (χ0n) is 8.90. The van der Waals surface area contributed by atoms with Crippen LogP contribution in [0, 0.1) is 0 Å². The normalized spacial score (nSPS) is 11.4. The van der Waals surface area contributed by atoms with E-state index in [0.29, 0.717) is 6.54 Å². The first-order chi connectivity index (χ1) is 7.29. The highest BCUT2D eigenvalue weighted by atomic mass is 16.3. The van der Waals surface area contributed by atoms with Crippen molar-refractivity contribution in [3.8, 4) is 0 Å². The number of aromatic nitrogens is 1. The summed E-state index contributed by atoms with van der Waals surface area (Å²) in [4.78, 5) is 5.45. The van der Waals surface area contributed by atoms with Gasteiger partial charge in [0.05, 0.1) is 6.61 Å². The summed E-state index contributed by atoms with van der Waals surface area (Å²) >= 11 is 0. The summed E-state index contributed by atoms with van der Waals surface area (Å²) in [5.74, 6) is 0. The molecule has 0 radical (unpaired) electrons. The van der Waals surface area contributed by atoms with E-state index in [2.05, 4.69) is 28.1 Å². The van der Waals surface area contributed by atoms with E-state index < -0.39 is 0 Å².